The standard InChI is InChI=1S/C9H14NOP/c1-5-6-2-9(12)10-3-7(5)8(6)4-11/h2-3,5-8,11H,4,12H2,1H3. The number of aliphatic imine (C=N–C) groups is 1. The highest BCUT2D eigenvalue weighted by molar-refractivity contribution is 7.22. The number of fused-ring (bicyclic) bond motifs is 1. The van der Waals surface area contributed by atoms with Crippen molar-refractivity contribution in [3.63, 3.8) is 0 Å². The van der Waals surface area contributed by atoms with Crippen molar-refractivity contribution < 1.29 is 5.11 Å². The molecular formula is C9H14NOP. The lowest BCUT2D eigenvalue weighted by Gasteiger charge is -2.46. The van der Waals surface area contributed by atoms with Gasteiger partial charge in [-0.25, -0.2) is 0 Å². The van der Waals surface area contributed by atoms with Crippen molar-refractivity contribution >= 4 is 15.5 Å². The molecule has 0 radical (unpaired) electrons. The van der Waals surface area contributed by atoms with E-state index >= 15 is 0 Å². The zero-order chi connectivity index (χ0) is 8.72. The Hall–Kier alpha value is -0.200. The number of aliphatic hydroxyl groups excluding tert-OH is 1. The summed E-state index contributed by atoms with van der Waals surface area (Å²) in [5.74, 6) is 2.11. The van der Waals surface area contributed by atoms with Crippen molar-refractivity contribution in [3.05, 3.63) is 11.5 Å². The highest BCUT2D eigenvalue weighted by atomic mass is 31.0. The Morgan fingerprint density at radius 1 is 1.58 bits per heavy atom. The maximum Gasteiger partial charge on any atom is 0.0528 e. The minimum atomic E-state index is 0.292. The molecule has 1 saturated carbocycles. The average Bonchev–Trinajstić information content (AvgIpc) is 2.31. The van der Waals surface area contributed by atoms with Crippen LogP contribution >= 0.6 is 9.24 Å². The first-order valence-electron chi connectivity index (χ1n) is 4.36. The van der Waals surface area contributed by atoms with Gasteiger partial charge in [-0.1, -0.05) is 22.2 Å². The molecule has 2 heterocycles. The lowest BCUT2D eigenvalue weighted by molar-refractivity contribution is 0.0269. The molecule has 1 aliphatic carbocycles. The highest BCUT2D eigenvalue weighted by Crippen LogP contribution is 2.48. The summed E-state index contributed by atoms with van der Waals surface area (Å²) >= 11 is 0. The summed E-state index contributed by atoms with van der Waals surface area (Å²) in [5, 5.41) is 9.12. The third-order valence-electron chi connectivity index (χ3n) is 3.17. The van der Waals surface area contributed by atoms with Crippen molar-refractivity contribution in [2.24, 2.45) is 28.7 Å². The molecule has 1 N–H and O–H groups in total. The fourth-order valence-corrected chi connectivity index (χ4v) is 2.63. The Labute approximate surface area is 75.0 Å². The summed E-state index contributed by atoms with van der Waals surface area (Å²) in [6, 6.07) is 0. The van der Waals surface area contributed by atoms with Gasteiger partial charge in [0.05, 0.1) is 5.44 Å². The van der Waals surface area contributed by atoms with Gasteiger partial charge in [0, 0.05) is 18.7 Å². The average molecular weight is 183 g/mol. The van der Waals surface area contributed by atoms with Gasteiger partial charge in [0.2, 0.25) is 0 Å². The lowest BCUT2D eigenvalue weighted by atomic mass is 9.58. The van der Waals surface area contributed by atoms with Gasteiger partial charge in [0.25, 0.3) is 0 Å². The van der Waals surface area contributed by atoms with E-state index < -0.39 is 0 Å². The van der Waals surface area contributed by atoms with Gasteiger partial charge in [-0.3, -0.25) is 4.99 Å². The minimum absolute atomic E-state index is 0.292. The molecule has 3 aliphatic rings. The van der Waals surface area contributed by atoms with Crippen LogP contribution in [0.3, 0.4) is 0 Å². The first-order valence-corrected chi connectivity index (χ1v) is 4.94. The molecule has 0 amide bonds. The Kier molecular flexibility index (Phi) is 2.05. The topological polar surface area (TPSA) is 32.6 Å². The van der Waals surface area contributed by atoms with E-state index in [0.29, 0.717) is 30.3 Å². The van der Waals surface area contributed by atoms with Crippen LogP contribution in [0.25, 0.3) is 0 Å². The Morgan fingerprint density at radius 2 is 2.33 bits per heavy atom. The Balaban J connectivity index is 2.25. The van der Waals surface area contributed by atoms with Crippen LogP contribution in [0.15, 0.2) is 16.5 Å². The molecule has 5 atom stereocenters. The largest absolute Gasteiger partial charge is 0.396 e. The predicted octanol–water partition coefficient (Wildman–Crippen LogP) is 1.28. The van der Waals surface area contributed by atoms with E-state index in [2.05, 4.69) is 27.2 Å². The van der Waals surface area contributed by atoms with E-state index in [1.807, 2.05) is 6.21 Å². The van der Waals surface area contributed by atoms with Gasteiger partial charge in [-0.05, 0) is 17.8 Å². The summed E-state index contributed by atoms with van der Waals surface area (Å²) < 4.78 is 0. The van der Waals surface area contributed by atoms with Crippen molar-refractivity contribution in [1.29, 1.82) is 0 Å². The molecule has 66 valence electrons. The molecule has 1 fully saturated rings. The van der Waals surface area contributed by atoms with Crippen molar-refractivity contribution in [2.75, 3.05) is 6.61 Å². The van der Waals surface area contributed by atoms with Gasteiger partial charge in [-0.2, -0.15) is 0 Å². The number of hydrogen-bond donors (Lipinski definition) is 1. The highest BCUT2D eigenvalue weighted by Gasteiger charge is 2.46. The second kappa shape index (κ2) is 2.93. The van der Waals surface area contributed by atoms with Crippen LogP contribution in [-0.2, 0) is 0 Å². The third-order valence-corrected chi connectivity index (χ3v) is 3.51. The number of nitrogens with zero attached hydrogens (tertiary/aromatic N) is 1. The summed E-state index contributed by atoms with van der Waals surface area (Å²) in [4.78, 5) is 4.28. The van der Waals surface area contributed by atoms with E-state index in [1.165, 1.54) is 0 Å². The van der Waals surface area contributed by atoms with Gasteiger partial charge < -0.3 is 5.11 Å². The molecular weight excluding hydrogens is 169 g/mol. The molecule has 2 aliphatic heterocycles. The summed E-state index contributed by atoms with van der Waals surface area (Å²) in [7, 11) is 2.62. The third kappa shape index (κ3) is 1.06. The van der Waals surface area contributed by atoms with Crippen LogP contribution in [-0.4, -0.2) is 17.9 Å². The van der Waals surface area contributed by atoms with E-state index in [-0.39, 0.29) is 0 Å². The fraction of sp³-hybridized carbons (Fsp3) is 0.667. The maximum absolute atomic E-state index is 9.12. The van der Waals surface area contributed by atoms with Gasteiger partial charge in [-0.15, -0.1) is 0 Å². The summed E-state index contributed by atoms with van der Waals surface area (Å²) in [5.41, 5.74) is 1.02. The lowest BCUT2D eigenvalue weighted by Crippen LogP contribution is -2.46. The predicted molar refractivity (Wildman–Crippen MR) is 53.0 cm³/mol. The van der Waals surface area contributed by atoms with E-state index in [9.17, 15) is 0 Å². The second-order valence-corrected chi connectivity index (χ2v) is 4.32. The first kappa shape index (κ1) is 8.40. The second-order valence-electron chi connectivity index (χ2n) is 3.73. The monoisotopic (exact) mass is 183 g/mol. The van der Waals surface area contributed by atoms with Gasteiger partial charge >= 0.3 is 0 Å². The van der Waals surface area contributed by atoms with Crippen LogP contribution < -0.4 is 0 Å². The van der Waals surface area contributed by atoms with Gasteiger partial charge in [0.1, 0.15) is 0 Å². The SMILES string of the molecule is CC1C2C=NC(P)=CC1C2CO. The molecule has 0 aromatic carbocycles. The minimum Gasteiger partial charge on any atom is -0.396 e. The molecule has 12 heavy (non-hydrogen) atoms. The van der Waals surface area contributed by atoms with E-state index in [4.69, 9.17) is 5.11 Å². The quantitative estimate of drug-likeness (QED) is 0.610. The zero-order valence-electron chi connectivity index (χ0n) is 7.14. The van der Waals surface area contributed by atoms with Crippen LogP contribution in [0.4, 0.5) is 0 Å². The molecule has 3 heteroatoms. The molecule has 0 spiro atoms. The maximum atomic E-state index is 9.12. The molecule has 5 unspecified atom stereocenters. The number of aliphatic hydroxyl groups is 1. The Morgan fingerprint density at radius 3 is 3.00 bits per heavy atom. The molecule has 0 aromatic rings. The van der Waals surface area contributed by atoms with Gasteiger partial charge in [0.15, 0.2) is 0 Å². The van der Waals surface area contributed by atoms with Crippen LogP contribution in [0.5, 0.6) is 0 Å². The van der Waals surface area contributed by atoms with Crippen LogP contribution in [0.2, 0.25) is 0 Å². The number of rotatable bonds is 1. The summed E-state index contributed by atoms with van der Waals surface area (Å²) in [6.45, 7) is 2.52. The van der Waals surface area contributed by atoms with Crippen molar-refractivity contribution in [2.45, 2.75) is 6.92 Å². The van der Waals surface area contributed by atoms with Crippen LogP contribution in [0, 0.1) is 23.7 Å². The van der Waals surface area contributed by atoms with E-state index in [1.54, 1.807) is 0 Å². The van der Waals surface area contributed by atoms with Crippen molar-refractivity contribution in [1.82, 2.24) is 0 Å². The van der Waals surface area contributed by atoms with E-state index in [0.717, 1.165) is 5.44 Å². The molecule has 2 bridgehead atoms. The summed E-state index contributed by atoms with van der Waals surface area (Å²) in [6.07, 6.45) is 4.16. The Bertz CT molecular complexity index is 249. The normalized spacial score (nSPS) is 44.8. The van der Waals surface area contributed by atoms with Crippen molar-refractivity contribution in [3.8, 4) is 0 Å². The molecule has 0 saturated heterocycles. The smallest absolute Gasteiger partial charge is 0.0528 e. The number of allylic oxidation sites excluding steroid dienone is 1. The molecule has 3 rings (SSSR count). The molecule has 0 aromatic heterocycles. The molecule has 2 nitrogen and oxygen atoms in total. The fourth-order valence-electron chi connectivity index (χ4n) is 2.32. The zero-order valence-corrected chi connectivity index (χ0v) is 8.30. The number of hydrogen-bond acceptors (Lipinski definition) is 2. The first-order chi connectivity index (χ1) is 5.74. The van der Waals surface area contributed by atoms with Crippen LogP contribution in [0.1, 0.15) is 6.92 Å².